The van der Waals surface area contributed by atoms with E-state index >= 15 is 0 Å². The summed E-state index contributed by atoms with van der Waals surface area (Å²) in [6.45, 7) is 7.75. The number of hydrogen-bond acceptors (Lipinski definition) is 5. The van der Waals surface area contributed by atoms with Gasteiger partial charge in [-0.3, -0.25) is 4.79 Å². The first-order valence-electron chi connectivity index (χ1n) is 11.5. The third kappa shape index (κ3) is 6.98. The highest BCUT2D eigenvalue weighted by Crippen LogP contribution is 2.36. The van der Waals surface area contributed by atoms with Gasteiger partial charge in [-0.15, -0.1) is 0 Å². The first kappa shape index (κ1) is 25.1. The molecule has 33 heavy (non-hydrogen) atoms. The fourth-order valence-electron chi connectivity index (χ4n) is 4.40. The zero-order valence-corrected chi connectivity index (χ0v) is 19.5. The lowest BCUT2D eigenvalue weighted by Crippen LogP contribution is -2.48. The topological polar surface area (TPSA) is 74.8 Å². The van der Waals surface area contributed by atoms with Crippen LogP contribution in [-0.2, 0) is 15.7 Å². The molecule has 3 rings (SSSR count). The Morgan fingerprint density at radius 3 is 2.48 bits per heavy atom. The molecule has 1 aromatic heterocycles. The van der Waals surface area contributed by atoms with Crippen LogP contribution in [0.3, 0.4) is 0 Å². The van der Waals surface area contributed by atoms with Gasteiger partial charge in [-0.2, -0.15) is 13.2 Å². The van der Waals surface area contributed by atoms with Gasteiger partial charge in [0.25, 0.3) is 0 Å². The molecule has 184 valence electrons. The molecule has 0 aromatic carbocycles. The Hall–Kier alpha value is -2.52. The van der Waals surface area contributed by atoms with Gasteiger partial charge >= 0.3 is 12.3 Å². The average molecular weight is 471 g/mol. The van der Waals surface area contributed by atoms with E-state index < -0.39 is 23.4 Å². The van der Waals surface area contributed by atoms with Crippen LogP contribution in [0, 0.1) is 11.8 Å². The van der Waals surface area contributed by atoms with Crippen molar-refractivity contribution in [2.24, 2.45) is 11.8 Å². The molecule has 2 aliphatic heterocycles. The van der Waals surface area contributed by atoms with Gasteiger partial charge in [-0.1, -0.05) is 0 Å². The number of alkyl carbamates (subject to hydrolysis) is 1. The van der Waals surface area contributed by atoms with Crippen LogP contribution < -0.4 is 10.2 Å². The van der Waals surface area contributed by atoms with Crippen LogP contribution in [0.15, 0.2) is 18.3 Å². The summed E-state index contributed by atoms with van der Waals surface area (Å²) in [5, 5.41) is 2.79. The molecule has 10 heteroatoms. The second kappa shape index (κ2) is 10.2. The normalized spacial score (nSPS) is 20.5. The van der Waals surface area contributed by atoms with E-state index in [9.17, 15) is 22.8 Å². The number of carbonyl (C=O) groups excluding carboxylic acids is 2. The van der Waals surface area contributed by atoms with E-state index in [1.807, 2.05) is 0 Å². The average Bonchev–Trinajstić information content (AvgIpc) is 2.76. The maximum atomic E-state index is 13.4. The van der Waals surface area contributed by atoms with Gasteiger partial charge in [-0.25, -0.2) is 9.78 Å². The number of halogens is 3. The molecule has 1 N–H and O–H groups in total. The van der Waals surface area contributed by atoms with Crippen molar-refractivity contribution < 1.29 is 27.5 Å². The second-order valence-corrected chi connectivity index (χ2v) is 9.81. The van der Waals surface area contributed by atoms with Gasteiger partial charge in [0.1, 0.15) is 11.4 Å². The van der Waals surface area contributed by atoms with Crippen molar-refractivity contribution in [3.63, 3.8) is 0 Å². The highest BCUT2D eigenvalue weighted by Gasteiger charge is 2.38. The van der Waals surface area contributed by atoms with E-state index in [-0.39, 0.29) is 30.1 Å². The minimum absolute atomic E-state index is 0.0114. The summed E-state index contributed by atoms with van der Waals surface area (Å²) in [6.07, 6.45) is -0.769. The quantitative estimate of drug-likeness (QED) is 0.718. The number of aromatic nitrogens is 1. The third-order valence-electron chi connectivity index (χ3n) is 6.02. The molecule has 1 unspecified atom stereocenters. The lowest BCUT2D eigenvalue weighted by Gasteiger charge is -2.38. The molecule has 0 radical (unpaired) electrons. The zero-order valence-electron chi connectivity index (χ0n) is 19.5. The van der Waals surface area contributed by atoms with Crippen molar-refractivity contribution in [3.05, 3.63) is 23.9 Å². The Balaban J connectivity index is 1.52. The molecule has 0 bridgehead atoms. The van der Waals surface area contributed by atoms with Crippen LogP contribution in [0.25, 0.3) is 0 Å². The molecule has 0 saturated carbocycles. The summed E-state index contributed by atoms with van der Waals surface area (Å²) < 4.78 is 45.5. The van der Waals surface area contributed by atoms with Gasteiger partial charge in [0, 0.05) is 38.9 Å². The van der Waals surface area contributed by atoms with E-state index in [1.54, 1.807) is 30.6 Å². The number of carbonyl (C=O) groups is 2. The Kier molecular flexibility index (Phi) is 7.74. The van der Waals surface area contributed by atoms with Crippen LogP contribution in [0.4, 0.5) is 23.8 Å². The monoisotopic (exact) mass is 470 g/mol. The highest BCUT2D eigenvalue weighted by molar-refractivity contribution is 5.80. The molecule has 2 fully saturated rings. The predicted molar refractivity (Wildman–Crippen MR) is 118 cm³/mol. The highest BCUT2D eigenvalue weighted by atomic mass is 19.4. The number of alkyl halides is 3. The van der Waals surface area contributed by atoms with Crippen molar-refractivity contribution in [1.82, 2.24) is 15.2 Å². The molecule has 1 atom stereocenters. The third-order valence-corrected chi connectivity index (χ3v) is 6.02. The molecule has 1 aromatic rings. The minimum Gasteiger partial charge on any atom is -0.444 e. The van der Waals surface area contributed by atoms with E-state index in [0.29, 0.717) is 39.0 Å². The molecular weight excluding hydrogens is 437 g/mol. The summed E-state index contributed by atoms with van der Waals surface area (Å²) in [6, 6.07) is 2.31. The summed E-state index contributed by atoms with van der Waals surface area (Å²) in [5.74, 6) is -0.206. The van der Waals surface area contributed by atoms with Gasteiger partial charge in [0.2, 0.25) is 5.91 Å². The Bertz CT molecular complexity index is 833. The van der Waals surface area contributed by atoms with Crippen LogP contribution in [0.2, 0.25) is 0 Å². The molecule has 0 aliphatic carbocycles. The number of anilines is 1. The van der Waals surface area contributed by atoms with Crippen molar-refractivity contribution in [2.75, 3.05) is 37.6 Å². The van der Waals surface area contributed by atoms with Crippen LogP contribution in [0.5, 0.6) is 0 Å². The fourth-order valence-corrected chi connectivity index (χ4v) is 4.40. The molecule has 3 heterocycles. The smallest absolute Gasteiger partial charge is 0.419 e. The predicted octanol–water partition coefficient (Wildman–Crippen LogP) is 4.08. The second-order valence-electron chi connectivity index (χ2n) is 9.81. The van der Waals surface area contributed by atoms with E-state index in [1.165, 1.54) is 12.3 Å². The summed E-state index contributed by atoms with van der Waals surface area (Å²) >= 11 is 0. The number of ether oxygens (including phenoxy) is 1. The number of pyridine rings is 1. The van der Waals surface area contributed by atoms with E-state index in [2.05, 4.69) is 10.3 Å². The first-order valence-corrected chi connectivity index (χ1v) is 11.5. The summed E-state index contributed by atoms with van der Waals surface area (Å²) in [4.78, 5) is 32.3. The number of nitrogens with zero attached hydrogens (tertiary/aromatic N) is 3. The summed E-state index contributed by atoms with van der Waals surface area (Å²) in [5.41, 5.74) is -1.32. The largest absolute Gasteiger partial charge is 0.444 e. The van der Waals surface area contributed by atoms with Crippen molar-refractivity contribution >= 4 is 17.8 Å². The fraction of sp³-hybridized carbons (Fsp3) is 0.696. The molecular formula is C23H33F3N4O3. The van der Waals surface area contributed by atoms with Crippen LogP contribution >= 0.6 is 0 Å². The SMILES string of the molecule is CC(C)(C)OC(=O)NCC1CCN(C(=O)C2CCCN(c3ncccc3C(F)(F)F)C2)CC1. The standard InChI is InChI=1S/C23H33F3N4O3/c1-22(2,3)33-21(32)28-14-16-8-12-29(13-9-16)20(31)17-6-5-11-30(15-17)19-18(23(24,25)26)7-4-10-27-19/h4,7,10,16-17H,5-6,8-9,11-15H2,1-3H3,(H,28,32). The van der Waals surface area contributed by atoms with Gasteiger partial charge in [-0.05, 0) is 64.5 Å². The lowest BCUT2D eigenvalue weighted by atomic mass is 9.92. The first-order chi connectivity index (χ1) is 15.4. The zero-order chi connectivity index (χ0) is 24.2. The van der Waals surface area contributed by atoms with Crippen LogP contribution in [0.1, 0.15) is 52.0 Å². The number of nitrogens with one attached hydrogen (secondary N) is 1. The molecule has 2 amide bonds. The maximum Gasteiger partial charge on any atom is 0.419 e. The van der Waals surface area contributed by atoms with Crippen molar-refractivity contribution in [3.8, 4) is 0 Å². The molecule has 0 spiro atoms. The van der Waals surface area contributed by atoms with Gasteiger partial charge in [0.05, 0.1) is 11.5 Å². The van der Waals surface area contributed by atoms with E-state index in [0.717, 1.165) is 18.9 Å². The van der Waals surface area contributed by atoms with Crippen molar-refractivity contribution in [2.45, 2.75) is 58.2 Å². The van der Waals surface area contributed by atoms with Gasteiger partial charge in [0.15, 0.2) is 0 Å². The Morgan fingerprint density at radius 2 is 1.85 bits per heavy atom. The number of piperidine rings is 2. The Morgan fingerprint density at radius 1 is 1.15 bits per heavy atom. The number of likely N-dealkylation sites (tertiary alicyclic amines) is 1. The molecule has 2 aliphatic rings. The Labute approximate surface area is 192 Å². The van der Waals surface area contributed by atoms with Crippen molar-refractivity contribution in [1.29, 1.82) is 0 Å². The lowest BCUT2D eigenvalue weighted by molar-refractivity contribution is -0.137. The van der Waals surface area contributed by atoms with Gasteiger partial charge < -0.3 is 19.9 Å². The summed E-state index contributed by atoms with van der Waals surface area (Å²) in [7, 11) is 0. The number of hydrogen-bond donors (Lipinski definition) is 1. The molecule has 7 nitrogen and oxygen atoms in total. The minimum atomic E-state index is -4.49. The molecule has 2 saturated heterocycles. The van der Waals surface area contributed by atoms with Crippen LogP contribution in [-0.4, -0.2) is 60.2 Å². The number of amides is 2. The van der Waals surface area contributed by atoms with E-state index in [4.69, 9.17) is 4.74 Å². The maximum absolute atomic E-state index is 13.4. The number of rotatable bonds is 4.